The standard InChI is InChI=1S/C25H42N6O/c1-8-26-25(28-19(4)17-23-20(5)29-30(7)21(23)6)27-18-22-13-11-12-14-24(22)32-16-15-31(9-2)10-3/h11-14,19H,8-10,15-18H2,1-7H3,(H2,26,27,28). The van der Waals surface area contributed by atoms with Crippen molar-refractivity contribution in [1.29, 1.82) is 0 Å². The second-order valence-electron chi connectivity index (χ2n) is 8.20. The topological polar surface area (TPSA) is 66.7 Å². The van der Waals surface area contributed by atoms with E-state index in [-0.39, 0.29) is 6.04 Å². The van der Waals surface area contributed by atoms with Gasteiger partial charge in [-0.05, 0) is 58.8 Å². The highest BCUT2D eigenvalue weighted by Gasteiger charge is 2.14. The summed E-state index contributed by atoms with van der Waals surface area (Å²) in [5.74, 6) is 1.73. The molecule has 0 amide bonds. The number of aromatic nitrogens is 2. The molecule has 7 nitrogen and oxygen atoms in total. The molecule has 2 aromatic rings. The van der Waals surface area contributed by atoms with Gasteiger partial charge in [-0.3, -0.25) is 4.68 Å². The van der Waals surface area contributed by atoms with Crippen LogP contribution < -0.4 is 15.4 Å². The molecule has 0 spiro atoms. The molecule has 0 aliphatic carbocycles. The molecular weight excluding hydrogens is 400 g/mol. The summed E-state index contributed by atoms with van der Waals surface area (Å²) in [7, 11) is 2.00. The van der Waals surface area contributed by atoms with Crippen LogP contribution in [0.4, 0.5) is 0 Å². The van der Waals surface area contributed by atoms with E-state index in [1.807, 2.05) is 29.9 Å². The molecule has 1 unspecified atom stereocenters. The van der Waals surface area contributed by atoms with Gasteiger partial charge in [0.1, 0.15) is 12.4 Å². The monoisotopic (exact) mass is 442 g/mol. The lowest BCUT2D eigenvalue weighted by atomic mass is 10.1. The number of hydrogen-bond donors (Lipinski definition) is 2. The Morgan fingerprint density at radius 3 is 2.53 bits per heavy atom. The summed E-state index contributed by atoms with van der Waals surface area (Å²) in [5.41, 5.74) is 4.71. The maximum Gasteiger partial charge on any atom is 0.191 e. The SMILES string of the molecule is CCNC(=NCc1ccccc1OCCN(CC)CC)NC(C)Cc1c(C)nn(C)c1C. The summed E-state index contributed by atoms with van der Waals surface area (Å²) in [4.78, 5) is 7.20. The second kappa shape index (κ2) is 13.1. The summed E-state index contributed by atoms with van der Waals surface area (Å²) in [6, 6.07) is 8.41. The molecule has 2 rings (SSSR count). The number of hydrogen-bond acceptors (Lipinski definition) is 4. The summed E-state index contributed by atoms with van der Waals surface area (Å²) in [6.45, 7) is 17.9. The highest BCUT2D eigenvalue weighted by atomic mass is 16.5. The van der Waals surface area contributed by atoms with Gasteiger partial charge < -0.3 is 20.3 Å². The number of ether oxygens (including phenoxy) is 1. The molecule has 32 heavy (non-hydrogen) atoms. The summed E-state index contributed by atoms with van der Waals surface area (Å²) >= 11 is 0. The lowest BCUT2D eigenvalue weighted by Gasteiger charge is -2.19. The molecule has 0 fully saturated rings. The van der Waals surface area contributed by atoms with Crippen molar-refractivity contribution < 1.29 is 4.74 Å². The number of para-hydroxylation sites is 1. The molecule has 1 aromatic carbocycles. The van der Waals surface area contributed by atoms with Gasteiger partial charge >= 0.3 is 0 Å². The average molecular weight is 443 g/mol. The van der Waals surface area contributed by atoms with Gasteiger partial charge in [-0.2, -0.15) is 5.10 Å². The number of nitrogens with one attached hydrogen (secondary N) is 2. The van der Waals surface area contributed by atoms with Gasteiger partial charge in [0.2, 0.25) is 0 Å². The third kappa shape index (κ3) is 7.55. The van der Waals surface area contributed by atoms with Crippen LogP contribution in [-0.2, 0) is 20.0 Å². The first kappa shape index (κ1) is 25.7. The molecule has 178 valence electrons. The number of rotatable bonds is 12. The maximum absolute atomic E-state index is 6.09. The van der Waals surface area contributed by atoms with E-state index in [0.29, 0.717) is 13.2 Å². The highest BCUT2D eigenvalue weighted by Crippen LogP contribution is 2.19. The fraction of sp³-hybridized carbons (Fsp3) is 0.600. The summed E-state index contributed by atoms with van der Waals surface area (Å²) in [6.07, 6.45) is 0.904. The number of aliphatic imine (C=N–C) groups is 1. The Balaban J connectivity index is 2.02. The van der Waals surface area contributed by atoms with Gasteiger partial charge in [-0.15, -0.1) is 0 Å². The first-order valence-electron chi connectivity index (χ1n) is 11.9. The van der Waals surface area contributed by atoms with Gasteiger partial charge in [-0.25, -0.2) is 4.99 Å². The van der Waals surface area contributed by atoms with Crippen LogP contribution in [0.3, 0.4) is 0 Å². The number of likely N-dealkylation sites (N-methyl/N-ethyl adjacent to an activating group) is 1. The Kier molecular flexibility index (Phi) is 10.5. The first-order chi connectivity index (χ1) is 15.4. The van der Waals surface area contributed by atoms with Gasteiger partial charge in [0.15, 0.2) is 5.96 Å². The van der Waals surface area contributed by atoms with E-state index in [4.69, 9.17) is 9.73 Å². The molecule has 0 bridgehead atoms. The van der Waals surface area contributed by atoms with Crippen LogP contribution in [0.25, 0.3) is 0 Å². The molecule has 0 saturated heterocycles. The van der Waals surface area contributed by atoms with Crippen molar-refractivity contribution in [3.05, 3.63) is 46.8 Å². The van der Waals surface area contributed by atoms with Crippen molar-refractivity contribution in [2.45, 2.75) is 60.5 Å². The van der Waals surface area contributed by atoms with Gasteiger partial charge in [0.25, 0.3) is 0 Å². The van der Waals surface area contributed by atoms with Gasteiger partial charge in [0.05, 0.1) is 12.2 Å². The van der Waals surface area contributed by atoms with Crippen molar-refractivity contribution in [3.8, 4) is 5.75 Å². The zero-order chi connectivity index (χ0) is 23.5. The molecule has 1 heterocycles. The molecule has 1 atom stereocenters. The van der Waals surface area contributed by atoms with Crippen LogP contribution in [0.1, 0.15) is 50.2 Å². The smallest absolute Gasteiger partial charge is 0.191 e. The predicted molar refractivity (Wildman–Crippen MR) is 134 cm³/mol. The molecule has 0 aliphatic rings. The van der Waals surface area contributed by atoms with Crippen LogP contribution >= 0.6 is 0 Å². The zero-order valence-electron chi connectivity index (χ0n) is 21.0. The third-order valence-electron chi connectivity index (χ3n) is 5.84. The normalized spacial score (nSPS) is 12.8. The van der Waals surface area contributed by atoms with E-state index < -0.39 is 0 Å². The fourth-order valence-electron chi connectivity index (χ4n) is 3.79. The third-order valence-corrected chi connectivity index (χ3v) is 5.84. The Morgan fingerprint density at radius 2 is 1.91 bits per heavy atom. The quantitative estimate of drug-likeness (QED) is 0.389. The van der Waals surface area contributed by atoms with Crippen molar-refractivity contribution in [2.75, 3.05) is 32.8 Å². The Morgan fingerprint density at radius 1 is 1.19 bits per heavy atom. The lowest BCUT2D eigenvalue weighted by Crippen LogP contribution is -2.43. The molecule has 7 heteroatoms. The lowest BCUT2D eigenvalue weighted by molar-refractivity contribution is 0.221. The molecule has 2 N–H and O–H groups in total. The minimum Gasteiger partial charge on any atom is -0.492 e. The van der Waals surface area contributed by atoms with E-state index in [1.54, 1.807) is 0 Å². The number of aryl methyl sites for hydroxylation is 2. The minimum atomic E-state index is 0.231. The highest BCUT2D eigenvalue weighted by molar-refractivity contribution is 5.80. The van der Waals surface area contributed by atoms with Crippen molar-refractivity contribution in [3.63, 3.8) is 0 Å². The number of benzene rings is 1. The van der Waals surface area contributed by atoms with Gasteiger partial charge in [-0.1, -0.05) is 32.0 Å². The maximum atomic E-state index is 6.09. The van der Waals surface area contributed by atoms with E-state index in [2.05, 4.69) is 68.2 Å². The summed E-state index contributed by atoms with van der Waals surface area (Å²) in [5, 5.41) is 11.5. The van der Waals surface area contributed by atoms with Crippen LogP contribution in [0, 0.1) is 13.8 Å². The number of guanidine groups is 1. The minimum absolute atomic E-state index is 0.231. The first-order valence-corrected chi connectivity index (χ1v) is 11.9. The van der Waals surface area contributed by atoms with Crippen molar-refractivity contribution in [2.24, 2.45) is 12.0 Å². The predicted octanol–water partition coefficient (Wildman–Crippen LogP) is 3.44. The fourth-order valence-corrected chi connectivity index (χ4v) is 3.79. The van der Waals surface area contributed by atoms with E-state index in [0.717, 1.165) is 55.6 Å². The number of nitrogens with zero attached hydrogens (tertiary/aromatic N) is 4. The molecule has 1 aromatic heterocycles. The van der Waals surface area contributed by atoms with Crippen molar-refractivity contribution >= 4 is 5.96 Å². The van der Waals surface area contributed by atoms with Crippen LogP contribution in [0.5, 0.6) is 5.75 Å². The second-order valence-corrected chi connectivity index (χ2v) is 8.20. The zero-order valence-corrected chi connectivity index (χ0v) is 21.0. The molecule has 0 aliphatic heterocycles. The summed E-state index contributed by atoms with van der Waals surface area (Å²) < 4.78 is 8.04. The van der Waals surface area contributed by atoms with E-state index in [9.17, 15) is 0 Å². The Bertz CT molecular complexity index is 856. The van der Waals surface area contributed by atoms with E-state index >= 15 is 0 Å². The molecular formula is C25H42N6O. The van der Waals surface area contributed by atoms with E-state index in [1.165, 1.54) is 11.3 Å². The molecule has 0 saturated carbocycles. The van der Waals surface area contributed by atoms with Crippen LogP contribution in [0.2, 0.25) is 0 Å². The van der Waals surface area contributed by atoms with Crippen molar-refractivity contribution in [1.82, 2.24) is 25.3 Å². The van der Waals surface area contributed by atoms with Crippen LogP contribution in [0.15, 0.2) is 29.3 Å². The van der Waals surface area contributed by atoms with Gasteiger partial charge in [0, 0.05) is 37.4 Å². The Labute approximate surface area is 194 Å². The average Bonchev–Trinajstić information content (AvgIpc) is 3.01. The molecule has 0 radical (unpaired) electrons. The largest absolute Gasteiger partial charge is 0.492 e. The van der Waals surface area contributed by atoms with Crippen LogP contribution in [-0.4, -0.2) is 59.5 Å². The Hall–Kier alpha value is -2.54.